The van der Waals surface area contributed by atoms with E-state index in [-0.39, 0.29) is 12.0 Å². The molecule has 0 amide bonds. The molecule has 0 aliphatic heterocycles. The third-order valence-corrected chi connectivity index (χ3v) is 3.30. The van der Waals surface area contributed by atoms with Crippen molar-refractivity contribution in [1.82, 2.24) is 0 Å². The Kier molecular flexibility index (Phi) is 3.96. The van der Waals surface area contributed by atoms with Crippen LogP contribution in [0.4, 0.5) is 0 Å². The molecule has 1 N–H and O–H groups in total. The van der Waals surface area contributed by atoms with Crippen LogP contribution in [0.3, 0.4) is 0 Å². The minimum atomic E-state index is -0.203. The van der Waals surface area contributed by atoms with Crippen LogP contribution in [0.5, 0.6) is 0 Å². The van der Waals surface area contributed by atoms with Crippen molar-refractivity contribution in [2.24, 2.45) is 0 Å². The molecule has 0 atom stereocenters. The van der Waals surface area contributed by atoms with Crippen LogP contribution in [0, 0.1) is 0 Å². The fraction of sp³-hybridized carbons (Fsp3) is 0.176. The smallest absolute Gasteiger partial charge is 0.0612 e. The molecule has 0 bridgehead atoms. The molecule has 0 unspecified atom stereocenters. The van der Waals surface area contributed by atoms with Crippen molar-refractivity contribution in [2.45, 2.75) is 12.3 Å². The predicted molar refractivity (Wildman–Crippen MR) is 75.6 cm³/mol. The zero-order valence-electron chi connectivity index (χ0n) is 10.6. The van der Waals surface area contributed by atoms with Crippen molar-refractivity contribution in [3.05, 3.63) is 83.9 Å². The molecule has 0 fully saturated rings. The molecule has 1 heteroatoms. The average Bonchev–Trinajstić information content (AvgIpc) is 2.46. The van der Waals surface area contributed by atoms with Gasteiger partial charge >= 0.3 is 0 Å². The number of hydrogen-bond acceptors (Lipinski definition) is 1. The molecule has 1 nitrogen and oxygen atoms in total. The van der Waals surface area contributed by atoms with E-state index in [1.54, 1.807) is 6.08 Å². The van der Waals surface area contributed by atoms with Crippen molar-refractivity contribution < 1.29 is 5.11 Å². The zero-order valence-corrected chi connectivity index (χ0v) is 10.6. The van der Waals surface area contributed by atoms with Gasteiger partial charge in [0.15, 0.2) is 0 Å². The first-order chi connectivity index (χ1) is 8.77. The monoisotopic (exact) mass is 238 g/mol. The van der Waals surface area contributed by atoms with Gasteiger partial charge in [0.2, 0.25) is 0 Å². The Morgan fingerprint density at radius 1 is 0.889 bits per heavy atom. The van der Waals surface area contributed by atoms with Gasteiger partial charge in [-0.05, 0) is 18.1 Å². The second-order valence-electron chi connectivity index (χ2n) is 4.52. The molecule has 2 aromatic carbocycles. The standard InChI is InChI=1S/C17H18O/c1-17(13-8-14-18,15-9-4-2-5-10-15)16-11-6-3-7-12-16/h2-13,18H,14H2,1H3. The van der Waals surface area contributed by atoms with Gasteiger partial charge in [0.25, 0.3) is 0 Å². The summed E-state index contributed by atoms with van der Waals surface area (Å²) in [5.74, 6) is 0. The molecule has 2 aromatic rings. The van der Waals surface area contributed by atoms with Crippen molar-refractivity contribution in [3.8, 4) is 0 Å². The van der Waals surface area contributed by atoms with Gasteiger partial charge in [-0.2, -0.15) is 0 Å². The van der Waals surface area contributed by atoms with E-state index < -0.39 is 0 Å². The van der Waals surface area contributed by atoms with Gasteiger partial charge < -0.3 is 5.11 Å². The summed E-state index contributed by atoms with van der Waals surface area (Å²) in [4.78, 5) is 0. The highest BCUT2D eigenvalue weighted by Crippen LogP contribution is 2.33. The van der Waals surface area contributed by atoms with Crippen LogP contribution < -0.4 is 0 Å². The molecule has 2 rings (SSSR count). The number of allylic oxidation sites excluding steroid dienone is 1. The van der Waals surface area contributed by atoms with Crippen LogP contribution in [0.15, 0.2) is 72.8 Å². The molecule has 0 saturated carbocycles. The summed E-state index contributed by atoms with van der Waals surface area (Å²) in [7, 11) is 0. The van der Waals surface area contributed by atoms with E-state index in [0.717, 1.165) is 0 Å². The third kappa shape index (κ3) is 2.52. The Labute approximate surface area is 108 Å². The number of hydrogen-bond donors (Lipinski definition) is 1. The van der Waals surface area contributed by atoms with Crippen molar-refractivity contribution in [1.29, 1.82) is 0 Å². The van der Waals surface area contributed by atoms with Crippen LogP contribution in [0.1, 0.15) is 18.1 Å². The summed E-state index contributed by atoms with van der Waals surface area (Å²) in [6, 6.07) is 20.7. The topological polar surface area (TPSA) is 20.2 Å². The first-order valence-electron chi connectivity index (χ1n) is 6.17. The van der Waals surface area contributed by atoms with E-state index in [1.807, 2.05) is 36.4 Å². The molecule has 0 heterocycles. The highest BCUT2D eigenvalue weighted by molar-refractivity contribution is 5.43. The van der Waals surface area contributed by atoms with Crippen molar-refractivity contribution in [3.63, 3.8) is 0 Å². The van der Waals surface area contributed by atoms with E-state index >= 15 is 0 Å². The normalized spacial score (nSPS) is 11.9. The largest absolute Gasteiger partial charge is 0.392 e. The second-order valence-corrected chi connectivity index (χ2v) is 4.52. The van der Waals surface area contributed by atoms with E-state index in [2.05, 4.69) is 37.3 Å². The first kappa shape index (κ1) is 12.6. The Hall–Kier alpha value is -1.86. The minimum absolute atomic E-state index is 0.0647. The molecule has 18 heavy (non-hydrogen) atoms. The van der Waals surface area contributed by atoms with Gasteiger partial charge in [-0.3, -0.25) is 0 Å². The second kappa shape index (κ2) is 5.65. The molecule has 0 aliphatic rings. The third-order valence-electron chi connectivity index (χ3n) is 3.30. The highest BCUT2D eigenvalue weighted by atomic mass is 16.2. The fourth-order valence-electron chi connectivity index (χ4n) is 2.22. The summed E-state index contributed by atoms with van der Waals surface area (Å²) in [6.45, 7) is 2.24. The Morgan fingerprint density at radius 3 is 1.72 bits per heavy atom. The van der Waals surface area contributed by atoms with E-state index in [1.165, 1.54) is 11.1 Å². The van der Waals surface area contributed by atoms with Crippen molar-refractivity contribution >= 4 is 0 Å². The van der Waals surface area contributed by atoms with E-state index in [4.69, 9.17) is 5.11 Å². The zero-order chi connectivity index (χ0) is 12.8. The average molecular weight is 238 g/mol. The molecule has 0 radical (unpaired) electrons. The lowest BCUT2D eigenvalue weighted by Gasteiger charge is -2.27. The molecular weight excluding hydrogens is 220 g/mol. The quantitative estimate of drug-likeness (QED) is 0.808. The number of aliphatic hydroxyl groups is 1. The molecule has 0 aromatic heterocycles. The van der Waals surface area contributed by atoms with Crippen molar-refractivity contribution in [2.75, 3.05) is 6.61 Å². The van der Waals surface area contributed by atoms with Crippen LogP contribution in [0.2, 0.25) is 0 Å². The first-order valence-corrected chi connectivity index (χ1v) is 6.17. The summed E-state index contributed by atoms with van der Waals surface area (Å²) < 4.78 is 0. The van der Waals surface area contributed by atoms with E-state index in [0.29, 0.717) is 0 Å². The summed E-state index contributed by atoms with van der Waals surface area (Å²) in [5, 5.41) is 9.04. The highest BCUT2D eigenvalue weighted by Gasteiger charge is 2.25. The van der Waals surface area contributed by atoms with Gasteiger partial charge in [-0.1, -0.05) is 72.8 Å². The van der Waals surface area contributed by atoms with Gasteiger partial charge in [0, 0.05) is 5.41 Å². The number of benzene rings is 2. The lowest BCUT2D eigenvalue weighted by molar-refractivity contribution is 0.341. The predicted octanol–water partition coefficient (Wildman–Crippen LogP) is 3.54. The van der Waals surface area contributed by atoms with Crippen LogP contribution in [-0.4, -0.2) is 11.7 Å². The lowest BCUT2D eigenvalue weighted by atomic mass is 9.76. The molecular formula is C17H18O. The van der Waals surface area contributed by atoms with Gasteiger partial charge in [-0.25, -0.2) is 0 Å². The molecule has 0 aliphatic carbocycles. The fourth-order valence-corrected chi connectivity index (χ4v) is 2.22. The summed E-state index contributed by atoms with van der Waals surface area (Å²) in [5.41, 5.74) is 2.24. The van der Waals surface area contributed by atoms with Crippen LogP contribution in [0.25, 0.3) is 0 Å². The SMILES string of the molecule is CC(C=CCO)(c1ccccc1)c1ccccc1. The maximum Gasteiger partial charge on any atom is 0.0612 e. The lowest BCUT2D eigenvalue weighted by Crippen LogP contribution is -2.20. The number of aliphatic hydroxyl groups excluding tert-OH is 1. The maximum absolute atomic E-state index is 9.04. The van der Waals surface area contributed by atoms with Gasteiger partial charge in [0.1, 0.15) is 0 Å². The number of rotatable bonds is 4. The Balaban J connectivity index is 2.51. The summed E-state index contributed by atoms with van der Waals surface area (Å²) in [6.07, 6.45) is 3.87. The van der Waals surface area contributed by atoms with Gasteiger partial charge in [-0.15, -0.1) is 0 Å². The molecule has 0 spiro atoms. The maximum atomic E-state index is 9.04. The van der Waals surface area contributed by atoms with E-state index in [9.17, 15) is 0 Å². The van der Waals surface area contributed by atoms with Crippen LogP contribution in [-0.2, 0) is 5.41 Å². The Morgan fingerprint density at radius 2 is 1.33 bits per heavy atom. The molecule has 0 saturated heterocycles. The van der Waals surface area contributed by atoms with Crippen LogP contribution >= 0.6 is 0 Å². The Bertz CT molecular complexity index is 460. The molecule has 92 valence electrons. The van der Waals surface area contributed by atoms with Gasteiger partial charge in [0.05, 0.1) is 6.61 Å². The minimum Gasteiger partial charge on any atom is -0.392 e. The summed E-state index contributed by atoms with van der Waals surface area (Å²) >= 11 is 0.